The molecule has 11 aromatic carbocycles. The van der Waals surface area contributed by atoms with Crippen molar-refractivity contribution in [1.29, 1.82) is 0 Å². The van der Waals surface area contributed by atoms with Gasteiger partial charge in [0.25, 0.3) is 0 Å². The maximum absolute atomic E-state index is 2.31. The van der Waals surface area contributed by atoms with Crippen molar-refractivity contribution in [2.24, 2.45) is 0 Å². The van der Waals surface area contributed by atoms with E-state index in [4.69, 9.17) is 0 Å². The van der Waals surface area contributed by atoms with Crippen molar-refractivity contribution < 1.29 is 0 Å². The molecule has 0 unspecified atom stereocenters. The van der Waals surface area contributed by atoms with Crippen LogP contribution in [0, 0.1) is 0 Å². The Morgan fingerprint density at radius 2 is 0.424 bits per heavy atom. The molecule has 0 fully saturated rings. The van der Waals surface area contributed by atoms with Crippen molar-refractivity contribution in [3.63, 3.8) is 0 Å². The van der Waals surface area contributed by atoms with E-state index in [2.05, 4.69) is 279 Å². The molecule has 0 bridgehead atoms. The first-order chi connectivity index (χ1) is 32.7. The second-order valence-electron chi connectivity index (χ2n) is 16.8. The molecule has 0 aliphatic rings. The normalized spacial score (nSPS) is 11.8. The second-order valence-corrected chi connectivity index (χ2v) is 16.8. The Morgan fingerprint density at radius 1 is 0.197 bits per heavy atom. The van der Waals surface area contributed by atoms with E-state index in [9.17, 15) is 0 Å². The fourth-order valence-corrected chi connectivity index (χ4v) is 9.43. The minimum Gasteiger partial charge on any atom is -0.0622 e. The highest BCUT2D eigenvalue weighted by atomic mass is 14.2. The van der Waals surface area contributed by atoms with Crippen LogP contribution in [0.15, 0.2) is 267 Å². The summed E-state index contributed by atoms with van der Waals surface area (Å²) in [5.41, 5.74) is 19.2. The molecule has 0 N–H and O–H groups in total. The summed E-state index contributed by atoms with van der Waals surface area (Å²) in [4.78, 5) is 0. The highest BCUT2D eigenvalue weighted by Gasteiger charge is 2.18. The van der Waals surface area contributed by atoms with Gasteiger partial charge >= 0.3 is 0 Å². The summed E-state index contributed by atoms with van der Waals surface area (Å²) in [5.74, 6) is 0. The first kappa shape index (κ1) is 40.2. The summed E-state index contributed by atoms with van der Waals surface area (Å²) >= 11 is 0. The Morgan fingerprint density at radius 3 is 0.712 bits per heavy atom. The molecule has 0 saturated heterocycles. The van der Waals surface area contributed by atoms with Crippen molar-refractivity contribution in [3.05, 3.63) is 300 Å². The average Bonchev–Trinajstić information content (AvgIpc) is 3.40. The van der Waals surface area contributed by atoms with Crippen molar-refractivity contribution in [3.8, 4) is 44.5 Å². The third kappa shape index (κ3) is 8.21. The van der Waals surface area contributed by atoms with Gasteiger partial charge < -0.3 is 0 Å². The molecule has 11 rings (SSSR count). The van der Waals surface area contributed by atoms with Gasteiger partial charge in [0, 0.05) is 0 Å². The summed E-state index contributed by atoms with van der Waals surface area (Å²) in [5, 5.41) is 4.95. The molecule has 66 heavy (non-hydrogen) atoms. The molecular weight excluding hydrogens is 793 g/mol. The summed E-state index contributed by atoms with van der Waals surface area (Å²) in [6, 6.07) is 96.6. The molecule has 310 valence electrons. The van der Waals surface area contributed by atoms with Gasteiger partial charge in [-0.15, -0.1) is 0 Å². The SMILES string of the molecule is C(=C(c1ccc(-c2ccccc2)cc1)c1ccc(-c2c3ccccc3c(-c3ccc(C(=Cc4ccccc4)c4ccc(-c5ccccc5)cc4)cc3)c3ccccc23)cc1)c1ccccc1. The van der Waals surface area contributed by atoms with Gasteiger partial charge in [0.15, 0.2) is 0 Å². The second kappa shape index (κ2) is 18.3. The third-order valence-electron chi connectivity index (χ3n) is 12.7. The Bertz CT molecular complexity index is 3180. The lowest BCUT2D eigenvalue weighted by atomic mass is 9.85. The van der Waals surface area contributed by atoms with Crippen LogP contribution in [-0.2, 0) is 0 Å². The first-order valence-electron chi connectivity index (χ1n) is 22.7. The maximum Gasteiger partial charge on any atom is -0.00264 e. The molecule has 0 spiro atoms. The molecule has 11 aromatic rings. The van der Waals surface area contributed by atoms with E-state index in [1.54, 1.807) is 0 Å². The zero-order valence-electron chi connectivity index (χ0n) is 36.6. The van der Waals surface area contributed by atoms with E-state index < -0.39 is 0 Å². The molecule has 0 heterocycles. The van der Waals surface area contributed by atoms with Crippen molar-refractivity contribution in [2.45, 2.75) is 0 Å². The Labute approximate surface area is 387 Å². The van der Waals surface area contributed by atoms with Crippen LogP contribution in [-0.4, -0.2) is 0 Å². The van der Waals surface area contributed by atoms with Crippen LogP contribution in [0.2, 0.25) is 0 Å². The van der Waals surface area contributed by atoms with Crippen molar-refractivity contribution >= 4 is 44.8 Å². The van der Waals surface area contributed by atoms with Gasteiger partial charge in [-0.1, -0.05) is 267 Å². The predicted octanol–water partition coefficient (Wildman–Crippen LogP) is 17.8. The average molecular weight is 839 g/mol. The zero-order valence-corrected chi connectivity index (χ0v) is 36.6. The minimum absolute atomic E-state index is 1.17. The van der Waals surface area contributed by atoms with E-state index in [1.165, 1.54) is 111 Å². The van der Waals surface area contributed by atoms with Crippen LogP contribution >= 0.6 is 0 Å². The van der Waals surface area contributed by atoms with Gasteiger partial charge in [0.05, 0.1) is 0 Å². The Hall–Kier alpha value is -8.58. The molecule has 0 atom stereocenters. The topological polar surface area (TPSA) is 0 Å². The van der Waals surface area contributed by atoms with Gasteiger partial charge in [0.1, 0.15) is 0 Å². The number of rotatable bonds is 10. The summed E-state index contributed by atoms with van der Waals surface area (Å²) in [6.45, 7) is 0. The molecule has 0 nitrogen and oxygen atoms in total. The lowest BCUT2D eigenvalue weighted by molar-refractivity contribution is 1.53. The van der Waals surface area contributed by atoms with Crippen molar-refractivity contribution in [2.75, 3.05) is 0 Å². The molecule has 0 aromatic heterocycles. The molecule has 0 radical (unpaired) electrons. The van der Waals surface area contributed by atoms with Crippen LogP contribution in [0.25, 0.3) is 89.4 Å². The van der Waals surface area contributed by atoms with Gasteiger partial charge in [-0.2, -0.15) is 0 Å². The van der Waals surface area contributed by atoms with Gasteiger partial charge in [-0.25, -0.2) is 0 Å². The molecule has 0 saturated carbocycles. The van der Waals surface area contributed by atoms with Crippen LogP contribution < -0.4 is 0 Å². The first-order valence-corrected chi connectivity index (χ1v) is 22.7. The highest BCUT2D eigenvalue weighted by Crippen LogP contribution is 2.44. The van der Waals surface area contributed by atoms with Gasteiger partial charge in [0.2, 0.25) is 0 Å². The number of benzene rings is 11. The van der Waals surface area contributed by atoms with E-state index in [-0.39, 0.29) is 0 Å². The fourth-order valence-electron chi connectivity index (χ4n) is 9.43. The van der Waals surface area contributed by atoms with E-state index in [0.29, 0.717) is 0 Å². The zero-order chi connectivity index (χ0) is 44.1. The lowest BCUT2D eigenvalue weighted by Gasteiger charge is -2.19. The summed E-state index contributed by atoms with van der Waals surface area (Å²) in [6.07, 6.45) is 4.61. The summed E-state index contributed by atoms with van der Waals surface area (Å²) < 4.78 is 0. The lowest BCUT2D eigenvalue weighted by Crippen LogP contribution is -1.93. The molecule has 0 heteroatoms. The van der Waals surface area contributed by atoms with E-state index in [1.807, 2.05) is 0 Å². The molecular formula is C66H46. The molecule has 0 aliphatic carbocycles. The van der Waals surface area contributed by atoms with Gasteiger partial charge in [-0.05, 0) is 123 Å². The third-order valence-corrected chi connectivity index (χ3v) is 12.7. The maximum atomic E-state index is 2.31. The number of hydrogen-bond acceptors (Lipinski definition) is 0. The minimum atomic E-state index is 1.17. The van der Waals surface area contributed by atoms with Crippen LogP contribution in [0.5, 0.6) is 0 Å². The highest BCUT2D eigenvalue weighted by molar-refractivity contribution is 6.21. The van der Waals surface area contributed by atoms with E-state index in [0.717, 1.165) is 0 Å². The Kier molecular flexibility index (Phi) is 11.1. The molecule has 0 aliphatic heterocycles. The number of hydrogen-bond donors (Lipinski definition) is 0. The van der Waals surface area contributed by atoms with E-state index >= 15 is 0 Å². The van der Waals surface area contributed by atoms with Crippen LogP contribution in [0.4, 0.5) is 0 Å². The van der Waals surface area contributed by atoms with Crippen LogP contribution in [0.3, 0.4) is 0 Å². The molecule has 0 amide bonds. The van der Waals surface area contributed by atoms with Gasteiger partial charge in [-0.3, -0.25) is 0 Å². The monoisotopic (exact) mass is 838 g/mol. The quantitative estimate of drug-likeness (QED) is 0.0951. The Balaban J connectivity index is 0.979. The summed E-state index contributed by atoms with van der Waals surface area (Å²) in [7, 11) is 0. The largest absolute Gasteiger partial charge is 0.0622 e. The fraction of sp³-hybridized carbons (Fsp3) is 0. The standard InChI is InChI=1S/C66H46/c1-5-17-47(18-6-1)45-63(53-33-29-51(30-34-53)49-21-9-3-10-22-49)55-37-41-57(42-38-55)65-59-25-13-15-27-61(59)66(62-28-16-14-26-60(62)65)58-43-39-56(40-44-58)64(46-48-19-7-2-8-20-48)54-35-31-52(32-36-54)50-23-11-4-12-24-50/h1-46H. The van der Waals surface area contributed by atoms with Crippen molar-refractivity contribution in [1.82, 2.24) is 0 Å². The number of fused-ring (bicyclic) bond motifs is 2. The predicted molar refractivity (Wildman–Crippen MR) is 283 cm³/mol. The van der Waals surface area contributed by atoms with Crippen LogP contribution in [0.1, 0.15) is 33.4 Å². The smallest absolute Gasteiger partial charge is 0.00264 e.